The molecule has 0 spiro atoms. The molecule has 0 saturated heterocycles. The van der Waals surface area contributed by atoms with Crippen LogP contribution in [0.5, 0.6) is 0 Å². The summed E-state index contributed by atoms with van der Waals surface area (Å²) in [5.74, 6) is 0. The van der Waals surface area contributed by atoms with Crippen LogP contribution >= 0.6 is 11.3 Å². The van der Waals surface area contributed by atoms with Gasteiger partial charge in [-0.05, 0) is 6.42 Å². The van der Waals surface area contributed by atoms with Crippen LogP contribution in [0.15, 0.2) is 10.9 Å². The summed E-state index contributed by atoms with van der Waals surface area (Å²) in [6, 6.07) is 1.42. The fraction of sp³-hybridized carbons (Fsp3) is 0.375. The maximum atomic E-state index is 11.5. The number of hydrogen-bond donors (Lipinski definition) is 1. The van der Waals surface area contributed by atoms with Gasteiger partial charge in [-0.25, -0.2) is 4.98 Å². The molecule has 14 heavy (non-hydrogen) atoms. The second kappa shape index (κ2) is 3.47. The van der Waals surface area contributed by atoms with Crippen molar-refractivity contribution in [1.82, 2.24) is 14.6 Å². The van der Waals surface area contributed by atoms with Gasteiger partial charge in [0, 0.05) is 12.6 Å². The summed E-state index contributed by atoms with van der Waals surface area (Å²) >= 11 is 1.43. The summed E-state index contributed by atoms with van der Waals surface area (Å²) in [6.07, 6.45) is 0.811. The lowest BCUT2D eigenvalue weighted by Crippen LogP contribution is -2.16. The van der Waals surface area contributed by atoms with Gasteiger partial charge >= 0.3 is 0 Å². The molecule has 74 valence electrons. The van der Waals surface area contributed by atoms with Crippen LogP contribution in [0.2, 0.25) is 0 Å². The Morgan fingerprint density at radius 3 is 3.07 bits per heavy atom. The van der Waals surface area contributed by atoms with Crippen molar-refractivity contribution in [2.24, 2.45) is 5.73 Å². The van der Waals surface area contributed by atoms with Gasteiger partial charge in [0.2, 0.25) is 4.96 Å². The van der Waals surface area contributed by atoms with Crippen LogP contribution in [0, 0.1) is 0 Å². The SMILES string of the molecule is CCc1nn2c(=O)cc(CN)nc2s1. The number of fused-ring (bicyclic) bond motifs is 1. The molecule has 2 aromatic heterocycles. The van der Waals surface area contributed by atoms with Gasteiger partial charge in [-0.15, -0.1) is 0 Å². The van der Waals surface area contributed by atoms with Crippen molar-refractivity contribution in [1.29, 1.82) is 0 Å². The van der Waals surface area contributed by atoms with Crippen molar-refractivity contribution in [3.63, 3.8) is 0 Å². The Morgan fingerprint density at radius 1 is 1.64 bits per heavy atom. The quantitative estimate of drug-likeness (QED) is 0.767. The third kappa shape index (κ3) is 1.42. The summed E-state index contributed by atoms with van der Waals surface area (Å²) in [6.45, 7) is 2.28. The number of hydrogen-bond acceptors (Lipinski definition) is 5. The van der Waals surface area contributed by atoms with E-state index in [1.54, 1.807) is 0 Å². The number of nitrogens with zero attached hydrogens (tertiary/aromatic N) is 3. The maximum Gasteiger partial charge on any atom is 0.275 e. The van der Waals surface area contributed by atoms with Crippen molar-refractivity contribution in [3.8, 4) is 0 Å². The monoisotopic (exact) mass is 210 g/mol. The van der Waals surface area contributed by atoms with Crippen LogP contribution in [0.1, 0.15) is 17.6 Å². The van der Waals surface area contributed by atoms with Crippen LogP contribution in [-0.2, 0) is 13.0 Å². The maximum absolute atomic E-state index is 11.5. The second-order valence-electron chi connectivity index (χ2n) is 2.83. The molecule has 2 aromatic rings. The molecule has 0 fully saturated rings. The molecule has 2 N–H and O–H groups in total. The van der Waals surface area contributed by atoms with Gasteiger partial charge in [0.1, 0.15) is 5.01 Å². The van der Waals surface area contributed by atoms with E-state index >= 15 is 0 Å². The van der Waals surface area contributed by atoms with Crippen molar-refractivity contribution in [3.05, 3.63) is 27.1 Å². The Morgan fingerprint density at radius 2 is 2.43 bits per heavy atom. The molecule has 0 unspecified atom stereocenters. The lowest BCUT2D eigenvalue weighted by atomic mass is 10.4. The average molecular weight is 210 g/mol. The van der Waals surface area contributed by atoms with E-state index in [1.165, 1.54) is 21.9 Å². The highest BCUT2D eigenvalue weighted by Gasteiger charge is 2.06. The molecule has 0 amide bonds. The van der Waals surface area contributed by atoms with E-state index in [0.29, 0.717) is 10.7 Å². The lowest BCUT2D eigenvalue weighted by molar-refractivity contribution is 0.841. The Labute approximate surface area is 84.2 Å². The molecule has 0 radical (unpaired) electrons. The van der Waals surface area contributed by atoms with E-state index in [1.807, 2.05) is 6.92 Å². The molecule has 0 saturated carbocycles. The smallest absolute Gasteiger partial charge is 0.275 e. The first kappa shape index (κ1) is 9.29. The van der Waals surface area contributed by atoms with Gasteiger partial charge in [0.05, 0.1) is 5.69 Å². The Hall–Kier alpha value is -1.27. The van der Waals surface area contributed by atoms with E-state index < -0.39 is 0 Å². The summed E-state index contributed by atoms with van der Waals surface area (Å²) in [5.41, 5.74) is 5.87. The molecule has 0 aliphatic heterocycles. The number of aryl methyl sites for hydroxylation is 1. The highest BCUT2D eigenvalue weighted by molar-refractivity contribution is 7.16. The van der Waals surface area contributed by atoms with Gasteiger partial charge in [0.25, 0.3) is 5.56 Å². The Balaban J connectivity index is 2.73. The van der Waals surface area contributed by atoms with E-state index in [-0.39, 0.29) is 12.1 Å². The molecule has 0 aliphatic rings. The zero-order chi connectivity index (χ0) is 10.1. The zero-order valence-corrected chi connectivity index (χ0v) is 8.54. The summed E-state index contributed by atoms with van der Waals surface area (Å²) in [7, 11) is 0. The van der Waals surface area contributed by atoms with Gasteiger partial charge in [0.15, 0.2) is 0 Å². The van der Waals surface area contributed by atoms with Gasteiger partial charge in [-0.2, -0.15) is 9.61 Å². The predicted molar refractivity (Wildman–Crippen MR) is 54.4 cm³/mol. The van der Waals surface area contributed by atoms with E-state index in [4.69, 9.17) is 5.73 Å². The lowest BCUT2D eigenvalue weighted by Gasteiger charge is -1.93. The molecule has 0 bridgehead atoms. The van der Waals surface area contributed by atoms with Gasteiger partial charge in [-0.3, -0.25) is 4.79 Å². The minimum absolute atomic E-state index is 0.161. The van der Waals surface area contributed by atoms with E-state index in [9.17, 15) is 4.79 Å². The van der Waals surface area contributed by atoms with Crippen LogP contribution < -0.4 is 11.3 Å². The predicted octanol–water partition coefficient (Wildman–Crippen LogP) is 0.172. The first-order chi connectivity index (χ1) is 6.74. The molecule has 0 aromatic carbocycles. The van der Waals surface area contributed by atoms with Crippen LogP contribution in [0.3, 0.4) is 0 Å². The highest BCUT2D eigenvalue weighted by Crippen LogP contribution is 2.11. The number of aromatic nitrogens is 3. The zero-order valence-electron chi connectivity index (χ0n) is 7.73. The third-order valence-corrected chi connectivity index (χ3v) is 2.90. The molecule has 2 heterocycles. The van der Waals surface area contributed by atoms with Gasteiger partial charge < -0.3 is 5.73 Å². The largest absolute Gasteiger partial charge is 0.325 e. The molecule has 2 rings (SSSR count). The average Bonchev–Trinajstić information content (AvgIpc) is 2.61. The Bertz CT molecular complexity index is 516. The Kier molecular flexibility index (Phi) is 2.30. The minimum Gasteiger partial charge on any atom is -0.325 e. The van der Waals surface area contributed by atoms with Crippen LogP contribution in [0.25, 0.3) is 4.96 Å². The fourth-order valence-electron chi connectivity index (χ4n) is 1.14. The van der Waals surface area contributed by atoms with Crippen molar-refractivity contribution >= 4 is 16.3 Å². The molecular formula is C8H10N4OS. The van der Waals surface area contributed by atoms with Crippen LogP contribution in [-0.4, -0.2) is 14.6 Å². The highest BCUT2D eigenvalue weighted by atomic mass is 32.1. The minimum atomic E-state index is -0.161. The van der Waals surface area contributed by atoms with Crippen molar-refractivity contribution in [2.45, 2.75) is 19.9 Å². The third-order valence-electron chi connectivity index (χ3n) is 1.85. The number of rotatable bonds is 2. The molecule has 5 nitrogen and oxygen atoms in total. The topological polar surface area (TPSA) is 73.3 Å². The fourth-order valence-corrected chi connectivity index (χ4v) is 2.00. The molecule has 6 heteroatoms. The standard InChI is InChI=1S/C8H10N4OS/c1-2-6-11-12-7(13)3-5(4-9)10-8(12)14-6/h3H,2,4,9H2,1H3. The van der Waals surface area contributed by atoms with Crippen molar-refractivity contribution in [2.75, 3.05) is 0 Å². The van der Waals surface area contributed by atoms with E-state index in [2.05, 4.69) is 10.1 Å². The van der Waals surface area contributed by atoms with Gasteiger partial charge in [-0.1, -0.05) is 18.3 Å². The first-order valence-electron chi connectivity index (χ1n) is 4.33. The van der Waals surface area contributed by atoms with Crippen LogP contribution in [0.4, 0.5) is 0 Å². The second-order valence-corrected chi connectivity index (χ2v) is 3.87. The molecule has 0 aliphatic carbocycles. The molecule has 0 atom stereocenters. The summed E-state index contributed by atoms with van der Waals surface area (Å²) in [5, 5.41) is 5.03. The summed E-state index contributed by atoms with van der Waals surface area (Å²) < 4.78 is 1.32. The van der Waals surface area contributed by atoms with E-state index in [0.717, 1.165) is 11.4 Å². The normalized spacial score (nSPS) is 11.0. The summed E-state index contributed by atoms with van der Waals surface area (Å²) in [4.78, 5) is 16.3. The first-order valence-corrected chi connectivity index (χ1v) is 5.15. The number of nitrogens with two attached hydrogens (primary N) is 1. The molecular weight excluding hydrogens is 200 g/mol. The van der Waals surface area contributed by atoms with Crippen molar-refractivity contribution < 1.29 is 0 Å².